The first-order valence-electron chi connectivity index (χ1n) is 5.39. The van der Waals surface area contributed by atoms with Crippen molar-refractivity contribution in [3.63, 3.8) is 0 Å². The Morgan fingerprint density at radius 3 is 2.65 bits per heavy atom. The highest BCUT2D eigenvalue weighted by Gasteiger charge is 2.14. The molecule has 0 spiro atoms. The van der Waals surface area contributed by atoms with Gasteiger partial charge in [0.1, 0.15) is 6.07 Å². The first kappa shape index (κ1) is 12.8. The van der Waals surface area contributed by atoms with Gasteiger partial charge in [0.15, 0.2) is 5.82 Å². The minimum absolute atomic E-state index is 0.200. The topological polar surface area (TPSA) is 89.7 Å². The highest BCUT2D eigenvalue weighted by Crippen LogP contribution is 2.23. The smallest absolute Gasteiger partial charge is 0.152 e. The minimum atomic E-state index is 0.200. The summed E-state index contributed by atoms with van der Waals surface area (Å²) in [5.74, 6) is 0.634. The number of hydrogen-bond donors (Lipinski definition) is 1. The number of nitriles is 2. The average molecular weight is 229 g/mol. The van der Waals surface area contributed by atoms with Gasteiger partial charge in [-0.15, -0.1) is 0 Å². The van der Waals surface area contributed by atoms with Crippen LogP contribution in [0.4, 0.5) is 11.5 Å². The summed E-state index contributed by atoms with van der Waals surface area (Å²) in [6, 6.07) is 5.90. The van der Waals surface area contributed by atoms with Gasteiger partial charge < -0.3 is 10.6 Å². The van der Waals surface area contributed by atoms with Gasteiger partial charge >= 0.3 is 0 Å². The van der Waals surface area contributed by atoms with E-state index in [4.69, 9.17) is 16.3 Å². The summed E-state index contributed by atoms with van der Waals surface area (Å²) >= 11 is 0. The van der Waals surface area contributed by atoms with E-state index in [1.165, 1.54) is 6.20 Å². The van der Waals surface area contributed by atoms with Crippen LogP contribution in [-0.4, -0.2) is 17.6 Å². The predicted molar refractivity (Wildman–Crippen MR) is 66.1 cm³/mol. The molecule has 0 amide bonds. The maximum atomic E-state index is 8.74. The predicted octanol–water partition coefficient (Wildman–Crippen LogP) is 1.66. The summed E-state index contributed by atoms with van der Waals surface area (Å²) in [7, 11) is 0. The van der Waals surface area contributed by atoms with Crippen LogP contribution >= 0.6 is 0 Å². The lowest BCUT2D eigenvalue weighted by atomic mass is 10.2. The van der Waals surface area contributed by atoms with Crippen molar-refractivity contribution in [1.29, 1.82) is 10.5 Å². The summed E-state index contributed by atoms with van der Waals surface area (Å²) in [4.78, 5) is 6.15. The van der Waals surface area contributed by atoms with Crippen molar-refractivity contribution in [3.05, 3.63) is 17.8 Å². The molecule has 2 N–H and O–H groups in total. The number of anilines is 2. The molecular weight excluding hydrogens is 214 g/mol. The molecule has 17 heavy (non-hydrogen) atoms. The summed E-state index contributed by atoms with van der Waals surface area (Å²) in [6.07, 6.45) is 1.91. The third-order valence-corrected chi connectivity index (χ3v) is 2.38. The van der Waals surface area contributed by atoms with Crippen molar-refractivity contribution in [2.75, 3.05) is 17.2 Å². The molecule has 1 aromatic rings. The molecule has 1 rings (SSSR count). The summed E-state index contributed by atoms with van der Waals surface area (Å²) < 4.78 is 0. The van der Waals surface area contributed by atoms with E-state index >= 15 is 0 Å². The second kappa shape index (κ2) is 5.72. The van der Waals surface area contributed by atoms with E-state index < -0.39 is 0 Å². The van der Waals surface area contributed by atoms with E-state index in [1.807, 2.05) is 24.8 Å². The molecule has 0 aliphatic rings. The Labute approximate surface area is 101 Å². The Morgan fingerprint density at radius 2 is 2.18 bits per heavy atom. The van der Waals surface area contributed by atoms with E-state index in [-0.39, 0.29) is 6.04 Å². The Hall–Kier alpha value is -2.27. The van der Waals surface area contributed by atoms with E-state index in [0.717, 1.165) is 0 Å². The van der Waals surface area contributed by atoms with Crippen LogP contribution in [0.1, 0.15) is 25.8 Å². The lowest BCUT2D eigenvalue weighted by molar-refractivity contribution is 0.678. The van der Waals surface area contributed by atoms with Crippen LogP contribution in [0, 0.1) is 22.7 Å². The van der Waals surface area contributed by atoms with Crippen molar-refractivity contribution < 1.29 is 0 Å². The zero-order valence-corrected chi connectivity index (χ0v) is 10.0. The Kier molecular flexibility index (Phi) is 4.30. The normalized spacial score (nSPS) is 9.71. The van der Waals surface area contributed by atoms with Crippen molar-refractivity contribution in [2.45, 2.75) is 26.3 Å². The molecule has 0 aliphatic carbocycles. The van der Waals surface area contributed by atoms with Crippen molar-refractivity contribution in [2.24, 2.45) is 0 Å². The maximum Gasteiger partial charge on any atom is 0.152 e. The van der Waals surface area contributed by atoms with Crippen molar-refractivity contribution >= 4 is 11.5 Å². The highest BCUT2D eigenvalue weighted by atomic mass is 15.2. The quantitative estimate of drug-likeness (QED) is 0.848. The molecule has 0 aromatic carbocycles. The zero-order valence-electron chi connectivity index (χ0n) is 10.0. The molecule has 0 radical (unpaired) electrons. The van der Waals surface area contributed by atoms with Gasteiger partial charge in [-0.3, -0.25) is 0 Å². The first-order valence-corrected chi connectivity index (χ1v) is 5.39. The molecular formula is C12H15N5. The van der Waals surface area contributed by atoms with Gasteiger partial charge in [0.25, 0.3) is 0 Å². The van der Waals surface area contributed by atoms with Gasteiger partial charge in [-0.2, -0.15) is 10.5 Å². The third kappa shape index (κ3) is 3.09. The molecule has 0 aliphatic heterocycles. The number of nitrogens with two attached hydrogens (primary N) is 1. The van der Waals surface area contributed by atoms with Crippen LogP contribution in [0.2, 0.25) is 0 Å². The van der Waals surface area contributed by atoms with Gasteiger partial charge in [-0.1, -0.05) is 0 Å². The van der Waals surface area contributed by atoms with Gasteiger partial charge in [0.2, 0.25) is 0 Å². The fourth-order valence-corrected chi connectivity index (χ4v) is 1.55. The SMILES string of the molecule is CC(C)N(CCC#N)c1ncc(C#N)cc1N. The fourth-order valence-electron chi connectivity index (χ4n) is 1.55. The number of hydrogen-bond acceptors (Lipinski definition) is 5. The zero-order chi connectivity index (χ0) is 12.8. The molecule has 5 nitrogen and oxygen atoms in total. The standard InChI is InChI=1S/C12H15N5/c1-9(2)17(5-3-4-13)12-11(15)6-10(7-14)8-16-12/h6,8-9H,3,5,15H2,1-2H3. The molecule has 0 bridgehead atoms. The summed E-state index contributed by atoms with van der Waals surface area (Å²) in [5.41, 5.74) is 6.78. The van der Waals surface area contributed by atoms with Gasteiger partial charge in [0.05, 0.1) is 23.7 Å². The molecule has 0 fully saturated rings. The molecule has 0 saturated carbocycles. The van der Waals surface area contributed by atoms with Crippen molar-refractivity contribution in [1.82, 2.24) is 4.98 Å². The third-order valence-electron chi connectivity index (χ3n) is 2.38. The van der Waals surface area contributed by atoms with E-state index in [9.17, 15) is 0 Å². The molecule has 0 saturated heterocycles. The van der Waals surface area contributed by atoms with Crippen LogP contribution in [0.3, 0.4) is 0 Å². The average Bonchev–Trinajstić information content (AvgIpc) is 2.30. The second-order valence-corrected chi connectivity index (χ2v) is 3.94. The molecule has 5 heteroatoms. The van der Waals surface area contributed by atoms with Crippen LogP contribution in [0.5, 0.6) is 0 Å². The first-order chi connectivity index (χ1) is 8.10. The Bertz CT molecular complexity index is 467. The molecule has 1 aromatic heterocycles. The fraction of sp³-hybridized carbons (Fsp3) is 0.417. The van der Waals surface area contributed by atoms with Crippen LogP contribution in [-0.2, 0) is 0 Å². The van der Waals surface area contributed by atoms with E-state index in [1.54, 1.807) is 6.07 Å². The second-order valence-electron chi connectivity index (χ2n) is 3.94. The summed E-state index contributed by atoms with van der Waals surface area (Å²) in [5, 5.41) is 17.4. The number of aromatic nitrogens is 1. The van der Waals surface area contributed by atoms with Crippen LogP contribution < -0.4 is 10.6 Å². The Balaban J connectivity index is 3.03. The number of nitrogens with zero attached hydrogens (tertiary/aromatic N) is 4. The number of pyridine rings is 1. The number of rotatable bonds is 4. The largest absolute Gasteiger partial charge is 0.396 e. The molecule has 0 unspecified atom stereocenters. The Morgan fingerprint density at radius 1 is 1.47 bits per heavy atom. The molecule has 1 heterocycles. The van der Waals surface area contributed by atoms with Crippen molar-refractivity contribution in [3.8, 4) is 12.1 Å². The van der Waals surface area contributed by atoms with E-state index in [0.29, 0.717) is 30.0 Å². The minimum Gasteiger partial charge on any atom is -0.396 e. The summed E-state index contributed by atoms with van der Waals surface area (Å²) in [6.45, 7) is 4.60. The van der Waals surface area contributed by atoms with Gasteiger partial charge in [-0.25, -0.2) is 4.98 Å². The van der Waals surface area contributed by atoms with Gasteiger partial charge in [-0.05, 0) is 19.9 Å². The van der Waals surface area contributed by atoms with Crippen LogP contribution in [0.15, 0.2) is 12.3 Å². The van der Waals surface area contributed by atoms with E-state index in [2.05, 4.69) is 11.1 Å². The lowest BCUT2D eigenvalue weighted by Gasteiger charge is -2.27. The monoisotopic (exact) mass is 229 g/mol. The van der Waals surface area contributed by atoms with Gasteiger partial charge in [0, 0.05) is 18.8 Å². The van der Waals surface area contributed by atoms with Crippen LogP contribution in [0.25, 0.3) is 0 Å². The lowest BCUT2D eigenvalue weighted by Crippen LogP contribution is -2.33. The molecule has 88 valence electrons. The highest BCUT2D eigenvalue weighted by molar-refractivity contribution is 5.64. The maximum absolute atomic E-state index is 8.74. The number of nitrogen functional groups attached to an aromatic ring is 1. The molecule has 0 atom stereocenters.